The molecule has 0 saturated carbocycles. The zero-order valence-electron chi connectivity index (χ0n) is 10.7. The quantitative estimate of drug-likeness (QED) is 0.915. The van der Waals surface area contributed by atoms with E-state index in [1.807, 2.05) is 54.6 Å². The number of anilines is 1. The number of rotatable bonds is 3. The average Bonchev–Trinajstić information content (AvgIpc) is 2.48. The van der Waals surface area contributed by atoms with Gasteiger partial charge in [0.05, 0.1) is 18.3 Å². The molecule has 1 aliphatic heterocycles. The fourth-order valence-corrected chi connectivity index (χ4v) is 2.41. The molecule has 0 aromatic heterocycles. The van der Waals surface area contributed by atoms with Crippen LogP contribution in [0.5, 0.6) is 5.75 Å². The van der Waals surface area contributed by atoms with Crippen LogP contribution in [0, 0.1) is 0 Å². The van der Waals surface area contributed by atoms with Crippen LogP contribution < -0.4 is 9.64 Å². The minimum absolute atomic E-state index is 0.479. The van der Waals surface area contributed by atoms with Crippen molar-refractivity contribution in [1.29, 1.82) is 0 Å². The molecule has 3 heteroatoms. The van der Waals surface area contributed by atoms with E-state index >= 15 is 0 Å². The third-order valence-electron chi connectivity index (χ3n) is 3.40. The van der Waals surface area contributed by atoms with Gasteiger partial charge in [-0.15, -0.1) is 0 Å². The van der Waals surface area contributed by atoms with Gasteiger partial charge < -0.3 is 14.7 Å². The lowest BCUT2D eigenvalue weighted by Gasteiger charge is -2.32. The molecule has 1 atom stereocenters. The molecule has 3 nitrogen and oxygen atoms in total. The highest BCUT2D eigenvalue weighted by Gasteiger charge is 2.20. The fraction of sp³-hybridized carbons (Fsp3) is 0.250. The van der Waals surface area contributed by atoms with E-state index in [1.165, 1.54) is 0 Å². The first kappa shape index (κ1) is 12.1. The first-order chi connectivity index (χ1) is 9.34. The van der Waals surface area contributed by atoms with Crippen LogP contribution in [0.3, 0.4) is 0 Å². The Morgan fingerprint density at radius 2 is 1.79 bits per heavy atom. The first-order valence-corrected chi connectivity index (χ1v) is 6.54. The number of para-hydroxylation sites is 2. The molecule has 0 amide bonds. The Balaban J connectivity index is 1.78. The monoisotopic (exact) mass is 255 g/mol. The Morgan fingerprint density at radius 3 is 2.63 bits per heavy atom. The third-order valence-corrected chi connectivity index (χ3v) is 3.40. The van der Waals surface area contributed by atoms with Crippen molar-refractivity contribution in [3.05, 3.63) is 60.2 Å². The molecule has 3 rings (SSSR count). The lowest BCUT2D eigenvalue weighted by atomic mass is 10.1. The van der Waals surface area contributed by atoms with Crippen LogP contribution in [0.4, 0.5) is 5.69 Å². The zero-order chi connectivity index (χ0) is 13.1. The van der Waals surface area contributed by atoms with Gasteiger partial charge in [0, 0.05) is 6.54 Å². The predicted molar refractivity (Wildman–Crippen MR) is 75.6 cm³/mol. The van der Waals surface area contributed by atoms with Gasteiger partial charge in [0.1, 0.15) is 12.4 Å². The van der Waals surface area contributed by atoms with Gasteiger partial charge >= 0.3 is 0 Å². The molecular weight excluding hydrogens is 238 g/mol. The van der Waals surface area contributed by atoms with Crippen molar-refractivity contribution in [3.8, 4) is 5.75 Å². The van der Waals surface area contributed by atoms with Gasteiger partial charge in [0.25, 0.3) is 0 Å². The molecule has 0 saturated heterocycles. The summed E-state index contributed by atoms with van der Waals surface area (Å²) < 4.78 is 5.62. The summed E-state index contributed by atoms with van der Waals surface area (Å²) in [6, 6.07) is 17.7. The summed E-state index contributed by atoms with van der Waals surface area (Å²) in [7, 11) is 0. The minimum Gasteiger partial charge on any atom is -0.490 e. The van der Waals surface area contributed by atoms with E-state index in [0.717, 1.165) is 23.5 Å². The summed E-state index contributed by atoms with van der Waals surface area (Å²) in [4.78, 5) is 2.18. The van der Waals surface area contributed by atoms with E-state index in [1.54, 1.807) is 0 Å². The topological polar surface area (TPSA) is 32.7 Å². The molecule has 0 radical (unpaired) electrons. The first-order valence-electron chi connectivity index (χ1n) is 6.54. The van der Waals surface area contributed by atoms with Crippen molar-refractivity contribution in [1.82, 2.24) is 0 Å². The molecule has 19 heavy (non-hydrogen) atoms. The highest BCUT2D eigenvalue weighted by atomic mass is 16.5. The lowest BCUT2D eigenvalue weighted by Crippen LogP contribution is -2.35. The molecule has 0 fully saturated rings. The summed E-state index contributed by atoms with van der Waals surface area (Å²) in [6.45, 7) is 2.06. The van der Waals surface area contributed by atoms with Gasteiger partial charge in [0.15, 0.2) is 0 Å². The largest absolute Gasteiger partial charge is 0.490 e. The number of β-amino-alcohol motifs (C(OH)–C–C–N with tert-alkyl or cyclic N) is 1. The van der Waals surface area contributed by atoms with Crippen LogP contribution in [0.2, 0.25) is 0 Å². The minimum atomic E-state index is -0.479. The number of aliphatic hydroxyl groups excluding tert-OH is 1. The van der Waals surface area contributed by atoms with Crippen LogP contribution in [0.25, 0.3) is 0 Å². The highest BCUT2D eigenvalue weighted by molar-refractivity contribution is 5.59. The smallest absolute Gasteiger partial charge is 0.142 e. The standard InChI is InChI=1S/C16H17NO2/c18-15(13-6-2-1-3-7-13)12-17-10-11-19-16-9-5-4-8-14(16)17/h1-9,15,18H,10-12H2. The van der Waals surface area contributed by atoms with Crippen molar-refractivity contribution in [2.45, 2.75) is 6.10 Å². The summed E-state index contributed by atoms with van der Waals surface area (Å²) in [5, 5.41) is 10.3. The Labute approximate surface area is 113 Å². The molecular formula is C16H17NO2. The Morgan fingerprint density at radius 1 is 1.05 bits per heavy atom. The Kier molecular flexibility index (Phi) is 3.38. The van der Waals surface area contributed by atoms with Gasteiger partial charge in [-0.05, 0) is 17.7 Å². The van der Waals surface area contributed by atoms with Crippen molar-refractivity contribution < 1.29 is 9.84 Å². The SMILES string of the molecule is OC(CN1CCOc2ccccc21)c1ccccc1. The van der Waals surface area contributed by atoms with Crippen molar-refractivity contribution in [2.75, 3.05) is 24.6 Å². The van der Waals surface area contributed by atoms with E-state index in [2.05, 4.69) is 4.90 Å². The van der Waals surface area contributed by atoms with Crippen LogP contribution in [0.1, 0.15) is 11.7 Å². The molecule has 0 bridgehead atoms. The number of hydrogen-bond acceptors (Lipinski definition) is 3. The predicted octanol–water partition coefficient (Wildman–Crippen LogP) is 2.62. The molecule has 2 aromatic carbocycles. The highest BCUT2D eigenvalue weighted by Crippen LogP contribution is 2.32. The van der Waals surface area contributed by atoms with Crippen LogP contribution in [-0.4, -0.2) is 24.8 Å². The lowest BCUT2D eigenvalue weighted by molar-refractivity contribution is 0.179. The maximum atomic E-state index is 10.3. The van der Waals surface area contributed by atoms with Crippen molar-refractivity contribution >= 4 is 5.69 Å². The maximum absolute atomic E-state index is 10.3. The van der Waals surface area contributed by atoms with E-state index in [-0.39, 0.29) is 0 Å². The second-order valence-corrected chi connectivity index (χ2v) is 4.69. The van der Waals surface area contributed by atoms with E-state index in [0.29, 0.717) is 13.2 Å². The fourth-order valence-electron chi connectivity index (χ4n) is 2.41. The van der Waals surface area contributed by atoms with E-state index in [9.17, 15) is 5.11 Å². The van der Waals surface area contributed by atoms with Crippen molar-refractivity contribution in [3.63, 3.8) is 0 Å². The van der Waals surface area contributed by atoms with Crippen LogP contribution in [-0.2, 0) is 0 Å². The summed E-state index contributed by atoms with van der Waals surface area (Å²) in [5.41, 5.74) is 2.01. The number of benzene rings is 2. The normalized spacial score (nSPS) is 15.5. The summed E-state index contributed by atoms with van der Waals surface area (Å²) in [6.07, 6.45) is -0.479. The molecule has 2 aromatic rings. The van der Waals surface area contributed by atoms with Gasteiger partial charge in [-0.2, -0.15) is 0 Å². The number of nitrogens with zero attached hydrogens (tertiary/aromatic N) is 1. The second-order valence-electron chi connectivity index (χ2n) is 4.69. The van der Waals surface area contributed by atoms with E-state index < -0.39 is 6.10 Å². The van der Waals surface area contributed by atoms with Gasteiger partial charge in [0.2, 0.25) is 0 Å². The van der Waals surface area contributed by atoms with Gasteiger partial charge in [-0.1, -0.05) is 42.5 Å². The average molecular weight is 255 g/mol. The molecule has 1 unspecified atom stereocenters. The molecule has 98 valence electrons. The molecule has 0 aliphatic carbocycles. The molecule has 1 N–H and O–H groups in total. The third kappa shape index (κ3) is 2.56. The number of hydrogen-bond donors (Lipinski definition) is 1. The summed E-state index contributed by atoms with van der Waals surface area (Å²) >= 11 is 0. The Hall–Kier alpha value is -2.00. The van der Waals surface area contributed by atoms with Crippen LogP contribution in [0.15, 0.2) is 54.6 Å². The number of aliphatic hydroxyl groups is 1. The number of fused-ring (bicyclic) bond motifs is 1. The van der Waals surface area contributed by atoms with Gasteiger partial charge in [-0.25, -0.2) is 0 Å². The molecule has 1 heterocycles. The molecule has 1 aliphatic rings. The van der Waals surface area contributed by atoms with Crippen LogP contribution >= 0.6 is 0 Å². The Bertz CT molecular complexity index is 541. The zero-order valence-corrected chi connectivity index (χ0v) is 10.7. The summed E-state index contributed by atoms with van der Waals surface area (Å²) in [5.74, 6) is 0.897. The van der Waals surface area contributed by atoms with Crippen molar-refractivity contribution in [2.24, 2.45) is 0 Å². The maximum Gasteiger partial charge on any atom is 0.142 e. The molecule has 0 spiro atoms. The number of ether oxygens (including phenoxy) is 1. The second kappa shape index (κ2) is 5.33. The van der Waals surface area contributed by atoms with E-state index in [4.69, 9.17) is 4.74 Å². The van der Waals surface area contributed by atoms with Gasteiger partial charge in [-0.3, -0.25) is 0 Å².